The van der Waals surface area contributed by atoms with Gasteiger partial charge in [0.05, 0.1) is 6.54 Å². The number of hydrogen-bond donors (Lipinski definition) is 1. The number of carbonyl (C=O) groups excluding carboxylic acids is 1. The molecule has 0 spiro atoms. The quantitative estimate of drug-likeness (QED) is 0.628. The zero-order valence-electron chi connectivity index (χ0n) is 6.91. The van der Waals surface area contributed by atoms with Gasteiger partial charge >= 0.3 is 6.09 Å². The van der Waals surface area contributed by atoms with Crippen molar-refractivity contribution in [2.75, 3.05) is 18.9 Å². The molecule has 0 saturated carbocycles. The Morgan fingerprint density at radius 3 is 2.67 bits per heavy atom. The molecular formula is C8H13NO2S. The average molecular weight is 187 g/mol. The van der Waals surface area contributed by atoms with Gasteiger partial charge in [0.2, 0.25) is 0 Å². The zero-order chi connectivity index (χ0) is 8.65. The van der Waals surface area contributed by atoms with Crippen molar-refractivity contribution < 1.29 is 9.53 Å². The predicted octanol–water partition coefficient (Wildman–Crippen LogP) is 1.75. The van der Waals surface area contributed by atoms with Gasteiger partial charge in [-0.05, 0) is 24.0 Å². The lowest BCUT2D eigenvalue weighted by Gasteiger charge is -1.97. The van der Waals surface area contributed by atoms with Gasteiger partial charge in [0.25, 0.3) is 0 Å². The minimum atomic E-state index is -0.296. The second kappa shape index (κ2) is 5.94. The van der Waals surface area contributed by atoms with E-state index in [4.69, 9.17) is 0 Å². The van der Waals surface area contributed by atoms with E-state index in [1.807, 2.05) is 11.8 Å². The van der Waals surface area contributed by atoms with E-state index >= 15 is 0 Å². The highest BCUT2D eigenvalue weighted by Crippen LogP contribution is 2.12. The second-order valence-corrected chi connectivity index (χ2v) is 3.46. The third-order valence-corrected chi connectivity index (χ3v) is 2.34. The summed E-state index contributed by atoms with van der Waals surface area (Å²) in [5, 5.41) is 4.64. The minimum absolute atomic E-state index is 0.296. The number of allylic oxidation sites excluding steroid dienone is 1. The summed E-state index contributed by atoms with van der Waals surface area (Å²) in [6.07, 6.45) is 4.61. The summed E-state index contributed by atoms with van der Waals surface area (Å²) in [5.74, 6) is 1.33. The van der Waals surface area contributed by atoms with Gasteiger partial charge in [-0.25, -0.2) is 4.79 Å². The van der Waals surface area contributed by atoms with Crippen LogP contribution in [0.2, 0.25) is 0 Å². The van der Waals surface area contributed by atoms with Crippen LogP contribution in [0.15, 0.2) is 11.5 Å². The van der Waals surface area contributed by atoms with Gasteiger partial charge in [-0.2, -0.15) is 0 Å². The van der Waals surface area contributed by atoms with Gasteiger partial charge in [-0.3, -0.25) is 0 Å². The Hall–Kier alpha value is -0.640. The molecule has 1 fully saturated rings. The smallest absolute Gasteiger partial charge is 0.407 e. The number of thioether (sulfide) groups is 1. The molecule has 68 valence electrons. The fourth-order valence-electron chi connectivity index (χ4n) is 0.836. The third-order valence-electron chi connectivity index (χ3n) is 1.43. The third kappa shape index (κ3) is 4.28. The van der Waals surface area contributed by atoms with Crippen LogP contribution < -0.4 is 5.32 Å². The molecule has 0 atom stereocenters. The van der Waals surface area contributed by atoms with Crippen molar-refractivity contribution in [3.8, 4) is 0 Å². The van der Waals surface area contributed by atoms with E-state index in [0.717, 1.165) is 0 Å². The van der Waals surface area contributed by atoms with Crippen LogP contribution in [0.3, 0.4) is 0 Å². The molecule has 0 unspecified atom stereocenters. The highest BCUT2D eigenvalue weighted by atomic mass is 32.2. The van der Waals surface area contributed by atoms with E-state index in [1.165, 1.54) is 18.6 Å². The Morgan fingerprint density at radius 2 is 2.50 bits per heavy atom. The molecule has 0 aromatic rings. The number of cyclic esters (lactones) is 1. The Balaban J connectivity index is 0.000000120. The normalized spacial score (nSPS) is 20.5. The van der Waals surface area contributed by atoms with Crippen molar-refractivity contribution in [3.63, 3.8) is 0 Å². The number of hydrogen-bond acceptors (Lipinski definition) is 3. The summed E-state index contributed by atoms with van der Waals surface area (Å²) in [5.41, 5.74) is 0. The van der Waals surface area contributed by atoms with Crippen molar-refractivity contribution in [3.05, 3.63) is 11.5 Å². The maximum absolute atomic E-state index is 9.91. The molecule has 2 aliphatic heterocycles. The van der Waals surface area contributed by atoms with Crippen LogP contribution in [-0.2, 0) is 4.74 Å². The molecule has 2 heterocycles. The first-order valence-electron chi connectivity index (χ1n) is 4.07. The Bertz CT molecular complexity index is 154. The molecule has 2 rings (SSSR count). The number of amides is 1. The molecule has 0 radical (unpaired) electrons. The van der Waals surface area contributed by atoms with E-state index in [9.17, 15) is 4.79 Å². The van der Waals surface area contributed by atoms with Crippen LogP contribution >= 0.6 is 11.8 Å². The molecule has 0 aliphatic carbocycles. The van der Waals surface area contributed by atoms with Crippen molar-refractivity contribution in [1.82, 2.24) is 5.32 Å². The first-order chi connectivity index (χ1) is 5.89. The summed E-state index contributed by atoms with van der Waals surface area (Å²) in [6.45, 7) is 1.19. The molecule has 3 nitrogen and oxygen atoms in total. The topological polar surface area (TPSA) is 38.3 Å². The molecule has 1 amide bonds. The fourth-order valence-corrected chi connectivity index (χ4v) is 1.58. The summed E-state index contributed by atoms with van der Waals surface area (Å²) in [6, 6.07) is 0. The van der Waals surface area contributed by atoms with Crippen LogP contribution in [-0.4, -0.2) is 25.0 Å². The highest BCUT2D eigenvalue weighted by Gasteiger charge is 2.06. The summed E-state index contributed by atoms with van der Waals surface area (Å²) in [4.78, 5) is 9.91. The molecular weight excluding hydrogens is 174 g/mol. The molecule has 0 aromatic carbocycles. The Morgan fingerprint density at radius 1 is 1.58 bits per heavy atom. The van der Waals surface area contributed by atoms with E-state index in [0.29, 0.717) is 13.2 Å². The maximum atomic E-state index is 9.91. The lowest BCUT2D eigenvalue weighted by Crippen LogP contribution is -2.11. The monoisotopic (exact) mass is 187 g/mol. The molecule has 4 heteroatoms. The van der Waals surface area contributed by atoms with E-state index in [-0.39, 0.29) is 6.09 Å². The molecule has 2 aliphatic rings. The maximum Gasteiger partial charge on any atom is 0.407 e. The zero-order valence-corrected chi connectivity index (χ0v) is 7.73. The van der Waals surface area contributed by atoms with Crippen molar-refractivity contribution in [2.24, 2.45) is 0 Å². The summed E-state index contributed by atoms with van der Waals surface area (Å²) < 4.78 is 4.40. The van der Waals surface area contributed by atoms with Gasteiger partial charge in [0, 0.05) is 0 Å². The van der Waals surface area contributed by atoms with Gasteiger partial charge in [-0.15, -0.1) is 11.8 Å². The average Bonchev–Trinajstić information content (AvgIpc) is 2.60. The summed E-state index contributed by atoms with van der Waals surface area (Å²) >= 11 is 1.91. The number of nitrogens with one attached hydrogen (secondary N) is 1. The van der Waals surface area contributed by atoms with Crippen molar-refractivity contribution in [2.45, 2.75) is 12.8 Å². The highest BCUT2D eigenvalue weighted by molar-refractivity contribution is 8.02. The van der Waals surface area contributed by atoms with E-state index < -0.39 is 0 Å². The van der Waals surface area contributed by atoms with Crippen molar-refractivity contribution >= 4 is 17.9 Å². The van der Waals surface area contributed by atoms with Crippen LogP contribution in [0.25, 0.3) is 0 Å². The molecule has 1 N–H and O–H groups in total. The summed E-state index contributed by atoms with van der Waals surface area (Å²) in [7, 11) is 0. The fraction of sp³-hybridized carbons (Fsp3) is 0.625. The van der Waals surface area contributed by atoms with Crippen LogP contribution in [0.5, 0.6) is 0 Å². The number of ether oxygens (including phenoxy) is 1. The lowest BCUT2D eigenvalue weighted by molar-refractivity contribution is 0.178. The lowest BCUT2D eigenvalue weighted by atomic mass is 10.3. The van der Waals surface area contributed by atoms with Gasteiger partial charge < -0.3 is 10.1 Å². The molecule has 1 saturated heterocycles. The van der Waals surface area contributed by atoms with Gasteiger partial charge in [-0.1, -0.05) is 6.08 Å². The SMILES string of the molecule is C1=CSCCC1.O=C1NCCO1. The number of carbonyl (C=O) groups is 1. The number of rotatable bonds is 0. The van der Waals surface area contributed by atoms with Gasteiger partial charge in [0.1, 0.15) is 6.61 Å². The minimum Gasteiger partial charge on any atom is -0.448 e. The van der Waals surface area contributed by atoms with Crippen LogP contribution in [0, 0.1) is 0 Å². The molecule has 0 bridgehead atoms. The van der Waals surface area contributed by atoms with E-state index in [2.05, 4.69) is 21.5 Å². The largest absolute Gasteiger partial charge is 0.448 e. The first-order valence-corrected chi connectivity index (χ1v) is 5.12. The van der Waals surface area contributed by atoms with Crippen LogP contribution in [0.1, 0.15) is 12.8 Å². The van der Waals surface area contributed by atoms with E-state index in [1.54, 1.807) is 0 Å². The Kier molecular flexibility index (Phi) is 4.68. The number of alkyl carbamates (subject to hydrolysis) is 1. The second-order valence-electron chi connectivity index (χ2n) is 2.45. The molecule has 0 aromatic heterocycles. The predicted molar refractivity (Wildman–Crippen MR) is 50.2 cm³/mol. The first kappa shape index (κ1) is 9.45. The van der Waals surface area contributed by atoms with Crippen molar-refractivity contribution in [1.29, 1.82) is 0 Å². The standard InChI is InChI=1S/C5H8S.C3H5NO2/c1-2-4-6-5-3-1;5-3-4-1-2-6-3/h2,4H,1,3,5H2;1-2H2,(H,4,5). The Labute approximate surface area is 76.5 Å². The van der Waals surface area contributed by atoms with Crippen LogP contribution in [0.4, 0.5) is 4.79 Å². The van der Waals surface area contributed by atoms with Gasteiger partial charge in [0.15, 0.2) is 0 Å². The molecule has 12 heavy (non-hydrogen) atoms.